The number of hydrogen-bond acceptors (Lipinski definition) is 5. The van der Waals surface area contributed by atoms with E-state index in [-0.39, 0.29) is 11.2 Å². The van der Waals surface area contributed by atoms with E-state index >= 15 is 0 Å². The fraction of sp³-hybridized carbons (Fsp3) is 0.167. The van der Waals surface area contributed by atoms with Crippen molar-refractivity contribution in [3.8, 4) is 11.5 Å². The van der Waals surface area contributed by atoms with Crippen LogP contribution >= 0.6 is 27.7 Å². The number of aromatic nitrogens is 2. The quantitative estimate of drug-likeness (QED) is 0.565. The van der Waals surface area contributed by atoms with Crippen LogP contribution in [0.2, 0.25) is 0 Å². The number of hydrogen-bond donors (Lipinski definition) is 0. The highest BCUT2D eigenvalue weighted by molar-refractivity contribution is 9.10. The highest BCUT2D eigenvalue weighted by Gasteiger charge is 2.22. The van der Waals surface area contributed by atoms with Crippen LogP contribution in [0.15, 0.2) is 68.7 Å². The highest BCUT2D eigenvalue weighted by Crippen LogP contribution is 2.28. The molecular weight excluding hydrogens is 402 g/mol. The molecule has 0 saturated heterocycles. The number of nitrogens with zero attached hydrogens (tertiary/aromatic N) is 3. The van der Waals surface area contributed by atoms with E-state index in [9.17, 15) is 4.79 Å². The maximum atomic E-state index is 12.6. The number of carbonyl (C=O) groups excluding carboxylic acids is 1. The van der Waals surface area contributed by atoms with Crippen LogP contribution in [0.3, 0.4) is 0 Å². The molecule has 0 spiro atoms. The van der Waals surface area contributed by atoms with Gasteiger partial charge in [-0.2, -0.15) is 0 Å². The summed E-state index contributed by atoms with van der Waals surface area (Å²) in [6.45, 7) is 1.83. The van der Waals surface area contributed by atoms with Gasteiger partial charge in [0.2, 0.25) is 11.8 Å². The van der Waals surface area contributed by atoms with Gasteiger partial charge in [0, 0.05) is 22.8 Å². The minimum atomic E-state index is -0.346. The Morgan fingerprint density at radius 2 is 1.92 bits per heavy atom. The van der Waals surface area contributed by atoms with Crippen LogP contribution in [0.4, 0.5) is 5.69 Å². The van der Waals surface area contributed by atoms with Crippen LogP contribution in [0.1, 0.15) is 6.92 Å². The number of amides is 1. The summed E-state index contributed by atoms with van der Waals surface area (Å²) < 4.78 is 6.62. The largest absolute Gasteiger partial charge is 0.411 e. The Morgan fingerprint density at radius 1 is 1.16 bits per heavy atom. The van der Waals surface area contributed by atoms with Crippen LogP contribution < -0.4 is 4.90 Å². The van der Waals surface area contributed by atoms with Gasteiger partial charge in [-0.15, -0.1) is 10.2 Å². The normalized spacial score (nSPS) is 12.0. The van der Waals surface area contributed by atoms with Gasteiger partial charge in [-0.3, -0.25) is 4.79 Å². The minimum absolute atomic E-state index is 0.0293. The summed E-state index contributed by atoms with van der Waals surface area (Å²) in [7, 11) is 1.76. The lowest BCUT2D eigenvalue weighted by Gasteiger charge is -2.20. The minimum Gasteiger partial charge on any atom is -0.411 e. The van der Waals surface area contributed by atoms with E-state index in [4.69, 9.17) is 4.42 Å². The number of carbonyl (C=O) groups is 1. The third kappa shape index (κ3) is 4.29. The summed E-state index contributed by atoms with van der Waals surface area (Å²) in [5.41, 5.74) is 1.68. The zero-order valence-electron chi connectivity index (χ0n) is 13.7. The van der Waals surface area contributed by atoms with Crippen molar-refractivity contribution in [2.45, 2.75) is 17.4 Å². The van der Waals surface area contributed by atoms with Crippen molar-refractivity contribution in [2.24, 2.45) is 0 Å². The van der Waals surface area contributed by atoms with Crippen LogP contribution in [0, 0.1) is 0 Å². The van der Waals surface area contributed by atoms with Crippen molar-refractivity contribution in [3.05, 3.63) is 59.1 Å². The Balaban J connectivity index is 1.69. The van der Waals surface area contributed by atoms with E-state index in [1.165, 1.54) is 11.8 Å². The SMILES string of the molecule is CC(Sc1nnc(-c2cccc(Br)c2)o1)C(=O)N(C)c1ccccc1. The van der Waals surface area contributed by atoms with Crippen molar-refractivity contribution >= 4 is 39.3 Å². The van der Waals surface area contributed by atoms with Gasteiger partial charge < -0.3 is 9.32 Å². The van der Waals surface area contributed by atoms with Gasteiger partial charge in [-0.1, -0.05) is 52.0 Å². The fourth-order valence-electron chi connectivity index (χ4n) is 2.25. The molecule has 0 aliphatic heterocycles. The fourth-order valence-corrected chi connectivity index (χ4v) is 3.42. The first kappa shape index (κ1) is 17.7. The first-order valence-corrected chi connectivity index (χ1v) is 9.30. The molecule has 0 aliphatic rings. The number of para-hydroxylation sites is 1. The second kappa shape index (κ2) is 7.84. The monoisotopic (exact) mass is 417 g/mol. The number of rotatable bonds is 5. The molecule has 1 atom stereocenters. The molecule has 128 valence electrons. The molecule has 0 radical (unpaired) electrons. The van der Waals surface area contributed by atoms with Gasteiger partial charge in [-0.05, 0) is 37.3 Å². The van der Waals surface area contributed by atoms with Crippen LogP contribution in [0.5, 0.6) is 0 Å². The molecule has 2 aromatic carbocycles. The Kier molecular flexibility index (Phi) is 5.55. The summed E-state index contributed by atoms with van der Waals surface area (Å²) >= 11 is 4.67. The van der Waals surface area contributed by atoms with Crippen molar-refractivity contribution in [3.63, 3.8) is 0 Å². The summed E-state index contributed by atoms with van der Waals surface area (Å²) in [6.07, 6.45) is 0. The molecule has 0 fully saturated rings. The predicted molar refractivity (Wildman–Crippen MR) is 103 cm³/mol. The molecule has 25 heavy (non-hydrogen) atoms. The molecule has 1 unspecified atom stereocenters. The first-order chi connectivity index (χ1) is 12.0. The van der Waals surface area contributed by atoms with Crippen molar-refractivity contribution in [1.29, 1.82) is 0 Å². The smallest absolute Gasteiger partial charge is 0.277 e. The average molecular weight is 418 g/mol. The molecule has 3 rings (SSSR count). The molecule has 5 nitrogen and oxygen atoms in total. The number of thioether (sulfide) groups is 1. The maximum absolute atomic E-state index is 12.6. The lowest BCUT2D eigenvalue weighted by Crippen LogP contribution is -2.33. The summed E-state index contributed by atoms with van der Waals surface area (Å²) in [5, 5.41) is 8.12. The Bertz CT molecular complexity index is 870. The molecule has 0 saturated carbocycles. The van der Waals surface area contributed by atoms with Crippen LogP contribution in [-0.2, 0) is 4.79 Å². The zero-order chi connectivity index (χ0) is 17.8. The van der Waals surface area contributed by atoms with E-state index in [0.717, 1.165) is 15.7 Å². The summed E-state index contributed by atoms with van der Waals surface area (Å²) in [6, 6.07) is 17.1. The molecule has 7 heteroatoms. The molecule has 0 aliphatic carbocycles. The molecular formula is C18H16BrN3O2S. The van der Waals surface area contributed by atoms with Crippen LogP contribution in [0.25, 0.3) is 11.5 Å². The first-order valence-electron chi connectivity index (χ1n) is 7.63. The Hall–Kier alpha value is -2.12. The lowest BCUT2D eigenvalue weighted by molar-refractivity contribution is -0.117. The molecule has 1 amide bonds. The lowest BCUT2D eigenvalue weighted by atomic mass is 10.2. The van der Waals surface area contributed by atoms with Crippen LogP contribution in [-0.4, -0.2) is 28.4 Å². The van der Waals surface area contributed by atoms with Gasteiger partial charge in [0.25, 0.3) is 5.22 Å². The van der Waals surface area contributed by atoms with Crippen molar-refractivity contribution in [1.82, 2.24) is 10.2 Å². The molecule has 0 N–H and O–H groups in total. The van der Waals surface area contributed by atoms with E-state index in [0.29, 0.717) is 11.1 Å². The standard InChI is InChI=1S/C18H16BrN3O2S/c1-12(17(23)22(2)15-9-4-3-5-10-15)25-18-21-20-16(24-18)13-7-6-8-14(19)11-13/h3-12H,1-2H3. The third-order valence-electron chi connectivity index (χ3n) is 3.58. The number of benzene rings is 2. The molecule has 3 aromatic rings. The second-order valence-electron chi connectivity index (χ2n) is 5.38. The average Bonchev–Trinajstić information content (AvgIpc) is 3.09. The van der Waals surface area contributed by atoms with Gasteiger partial charge in [0.05, 0.1) is 5.25 Å². The molecule has 0 bridgehead atoms. The maximum Gasteiger partial charge on any atom is 0.277 e. The number of anilines is 1. The van der Waals surface area contributed by atoms with E-state index < -0.39 is 0 Å². The summed E-state index contributed by atoms with van der Waals surface area (Å²) in [4.78, 5) is 14.2. The Morgan fingerprint density at radius 3 is 2.64 bits per heavy atom. The Labute approximate surface area is 158 Å². The van der Waals surface area contributed by atoms with E-state index in [1.54, 1.807) is 11.9 Å². The van der Waals surface area contributed by atoms with Crippen molar-refractivity contribution < 1.29 is 9.21 Å². The van der Waals surface area contributed by atoms with E-state index in [2.05, 4.69) is 26.1 Å². The molecule has 1 aromatic heterocycles. The second-order valence-corrected chi connectivity index (χ2v) is 7.58. The number of halogens is 1. The van der Waals surface area contributed by atoms with Gasteiger partial charge >= 0.3 is 0 Å². The zero-order valence-corrected chi connectivity index (χ0v) is 16.1. The van der Waals surface area contributed by atoms with Gasteiger partial charge in [0.1, 0.15) is 0 Å². The highest BCUT2D eigenvalue weighted by atomic mass is 79.9. The topological polar surface area (TPSA) is 59.2 Å². The molecule has 1 heterocycles. The van der Waals surface area contributed by atoms with Gasteiger partial charge in [0.15, 0.2) is 0 Å². The van der Waals surface area contributed by atoms with Gasteiger partial charge in [-0.25, -0.2) is 0 Å². The summed E-state index contributed by atoms with van der Waals surface area (Å²) in [5.74, 6) is 0.401. The van der Waals surface area contributed by atoms with E-state index in [1.807, 2.05) is 61.5 Å². The predicted octanol–water partition coefficient (Wildman–Crippen LogP) is 4.64. The third-order valence-corrected chi connectivity index (χ3v) is 4.99. The van der Waals surface area contributed by atoms with Crippen molar-refractivity contribution in [2.75, 3.05) is 11.9 Å².